The molecule has 7 heteroatoms. The van der Waals surface area contributed by atoms with Crippen molar-refractivity contribution in [1.82, 2.24) is 4.90 Å². The average Bonchev–Trinajstić information content (AvgIpc) is 2.84. The molecule has 1 aromatic carbocycles. The van der Waals surface area contributed by atoms with Crippen molar-refractivity contribution in [3.8, 4) is 0 Å². The number of rotatable bonds is 4. The first kappa shape index (κ1) is 15.3. The van der Waals surface area contributed by atoms with Crippen LogP contribution in [0.4, 0.5) is 0 Å². The van der Waals surface area contributed by atoms with Crippen LogP contribution in [-0.2, 0) is 11.2 Å². The maximum absolute atomic E-state index is 12.5. The van der Waals surface area contributed by atoms with Gasteiger partial charge in [-0.25, -0.2) is 0 Å². The molecule has 3 atom stereocenters. The first-order valence-corrected chi connectivity index (χ1v) is 6.69. The molecule has 21 heavy (non-hydrogen) atoms. The molecular weight excluding hydrogens is 274 g/mol. The normalized spacial score (nSPS) is 24.1. The fourth-order valence-electron chi connectivity index (χ4n) is 2.41. The number of benzene rings is 1. The van der Waals surface area contributed by atoms with Gasteiger partial charge in [0.25, 0.3) is 0 Å². The van der Waals surface area contributed by atoms with Gasteiger partial charge in [-0.3, -0.25) is 4.79 Å². The second kappa shape index (κ2) is 6.55. The minimum absolute atomic E-state index is 0.0456. The summed E-state index contributed by atoms with van der Waals surface area (Å²) in [6.45, 7) is 0.0913. The summed E-state index contributed by atoms with van der Waals surface area (Å²) in [6.07, 6.45) is -1.63. The number of carbonyl (C=O) groups excluding carboxylic acids is 1. The maximum atomic E-state index is 12.5. The van der Waals surface area contributed by atoms with Crippen LogP contribution in [0.2, 0.25) is 0 Å². The quantitative estimate of drug-likeness (QED) is 0.250. The van der Waals surface area contributed by atoms with Gasteiger partial charge in [-0.05, 0) is 12.0 Å². The summed E-state index contributed by atoms with van der Waals surface area (Å²) in [5.74, 6) is -1.38. The van der Waals surface area contributed by atoms with Gasteiger partial charge in [0.05, 0.1) is 12.2 Å². The smallest absolute Gasteiger partial charge is 0.233 e. The van der Waals surface area contributed by atoms with Crippen LogP contribution in [0.25, 0.3) is 0 Å². The summed E-state index contributed by atoms with van der Waals surface area (Å²) in [5.41, 5.74) is 6.51. The van der Waals surface area contributed by atoms with Gasteiger partial charge < -0.3 is 26.1 Å². The molecule has 1 aliphatic rings. The number of hydrogen-bond donors (Lipinski definition) is 4. The van der Waals surface area contributed by atoms with Gasteiger partial charge in [0.1, 0.15) is 5.92 Å². The number of hydrogen-bond acceptors (Lipinski definition) is 5. The Labute approximate surface area is 122 Å². The van der Waals surface area contributed by atoms with Gasteiger partial charge in [-0.1, -0.05) is 35.5 Å². The summed E-state index contributed by atoms with van der Waals surface area (Å²) in [7, 11) is 0. The SMILES string of the molecule is N/C(=N/O)C(Cc1ccccc1)C(=O)N1CC(O)C(O)C1. The molecule has 2 rings (SSSR count). The Hall–Kier alpha value is -2.12. The number of nitrogens with zero attached hydrogens (tertiary/aromatic N) is 2. The fraction of sp³-hybridized carbons (Fsp3) is 0.429. The highest BCUT2D eigenvalue weighted by molar-refractivity contribution is 6.02. The molecule has 1 amide bonds. The first-order chi connectivity index (χ1) is 10.0. The molecule has 7 nitrogen and oxygen atoms in total. The van der Waals surface area contributed by atoms with Gasteiger partial charge in [-0.15, -0.1) is 0 Å². The van der Waals surface area contributed by atoms with Crippen LogP contribution in [0, 0.1) is 5.92 Å². The number of aliphatic hydroxyl groups excluding tert-OH is 2. The Morgan fingerprint density at radius 3 is 2.38 bits per heavy atom. The number of amidine groups is 1. The van der Waals surface area contributed by atoms with E-state index < -0.39 is 18.1 Å². The van der Waals surface area contributed by atoms with Crippen molar-refractivity contribution in [3.63, 3.8) is 0 Å². The van der Waals surface area contributed by atoms with Gasteiger partial charge in [-0.2, -0.15) is 0 Å². The number of oxime groups is 1. The molecule has 0 aliphatic carbocycles. The van der Waals surface area contributed by atoms with E-state index in [1.165, 1.54) is 4.90 Å². The van der Waals surface area contributed by atoms with E-state index >= 15 is 0 Å². The van der Waals surface area contributed by atoms with Crippen LogP contribution in [0.3, 0.4) is 0 Å². The number of carbonyl (C=O) groups is 1. The molecule has 1 aromatic rings. The second-order valence-corrected chi connectivity index (χ2v) is 5.15. The highest BCUT2D eigenvalue weighted by atomic mass is 16.4. The highest BCUT2D eigenvalue weighted by Gasteiger charge is 2.37. The van der Waals surface area contributed by atoms with E-state index in [1.54, 1.807) is 0 Å². The number of likely N-dealkylation sites (tertiary alicyclic amines) is 1. The van der Waals surface area contributed by atoms with E-state index in [2.05, 4.69) is 5.16 Å². The Balaban J connectivity index is 2.15. The third-order valence-electron chi connectivity index (χ3n) is 3.62. The summed E-state index contributed by atoms with van der Waals surface area (Å²) >= 11 is 0. The minimum Gasteiger partial charge on any atom is -0.409 e. The van der Waals surface area contributed by atoms with Crippen LogP contribution in [0.5, 0.6) is 0 Å². The van der Waals surface area contributed by atoms with E-state index in [-0.39, 0.29) is 31.3 Å². The third kappa shape index (κ3) is 3.50. The number of amides is 1. The monoisotopic (exact) mass is 293 g/mol. The maximum Gasteiger partial charge on any atom is 0.233 e. The van der Waals surface area contributed by atoms with Gasteiger partial charge in [0.2, 0.25) is 5.91 Å². The van der Waals surface area contributed by atoms with E-state index in [9.17, 15) is 15.0 Å². The summed E-state index contributed by atoms with van der Waals surface area (Å²) in [4.78, 5) is 13.8. The first-order valence-electron chi connectivity index (χ1n) is 6.69. The molecule has 0 bridgehead atoms. The molecule has 0 radical (unpaired) electrons. The van der Waals surface area contributed by atoms with E-state index in [0.29, 0.717) is 0 Å². The molecule has 114 valence electrons. The van der Waals surface area contributed by atoms with Crippen molar-refractivity contribution in [3.05, 3.63) is 35.9 Å². The van der Waals surface area contributed by atoms with Crippen LogP contribution < -0.4 is 5.73 Å². The molecule has 1 saturated heterocycles. The van der Waals surface area contributed by atoms with Gasteiger partial charge >= 0.3 is 0 Å². The van der Waals surface area contributed by atoms with E-state index in [1.807, 2.05) is 30.3 Å². The van der Waals surface area contributed by atoms with E-state index in [4.69, 9.17) is 10.9 Å². The molecule has 0 saturated carbocycles. The molecule has 3 unspecified atom stereocenters. The zero-order chi connectivity index (χ0) is 15.4. The predicted octanol–water partition coefficient (Wildman–Crippen LogP) is -0.844. The highest BCUT2D eigenvalue weighted by Crippen LogP contribution is 2.17. The zero-order valence-corrected chi connectivity index (χ0v) is 11.5. The standard InChI is InChI=1S/C14H19N3O4/c15-13(16-21)10(6-9-4-2-1-3-5-9)14(20)17-7-11(18)12(19)8-17/h1-5,10-12,18-19,21H,6-8H2,(H2,15,16). The summed E-state index contributed by atoms with van der Waals surface area (Å²) in [6, 6.07) is 9.23. The molecule has 1 aliphatic heterocycles. The van der Waals surface area contributed by atoms with Crippen LogP contribution >= 0.6 is 0 Å². The number of β-amino-alcohol motifs (C(OH)–C–C–N with tert-alkyl or cyclic N) is 2. The lowest BCUT2D eigenvalue weighted by Gasteiger charge is -2.22. The lowest BCUT2D eigenvalue weighted by Crippen LogP contribution is -2.42. The topological polar surface area (TPSA) is 119 Å². The molecule has 5 N–H and O–H groups in total. The van der Waals surface area contributed by atoms with Crippen molar-refractivity contribution < 1.29 is 20.2 Å². The van der Waals surface area contributed by atoms with Crippen LogP contribution in [0.1, 0.15) is 5.56 Å². The zero-order valence-electron chi connectivity index (χ0n) is 11.5. The van der Waals surface area contributed by atoms with Crippen molar-refractivity contribution in [2.75, 3.05) is 13.1 Å². The van der Waals surface area contributed by atoms with Gasteiger partial charge in [0, 0.05) is 13.1 Å². The van der Waals surface area contributed by atoms with Crippen molar-refractivity contribution >= 4 is 11.7 Å². The fourth-order valence-corrected chi connectivity index (χ4v) is 2.41. The Kier molecular flexibility index (Phi) is 4.77. The Morgan fingerprint density at radius 2 is 1.86 bits per heavy atom. The minimum atomic E-state index is -0.960. The number of nitrogens with two attached hydrogens (primary N) is 1. The van der Waals surface area contributed by atoms with Gasteiger partial charge in [0.15, 0.2) is 5.84 Å². The molecule has 1 fully saturated rings. The summed E-state index contributed by atoms with van der Waals surface area (Å²) < 4.78 is 0. The second-order valence-electron chi connectivity index (χ2n) is 5.15. The number of aliphatic hydroxyl groups is 2. The average molecular weight is 293 g/mol. The van der Waals surface area contributed by atoms with Crippen LogP contribution in [0.15, 0.2) is 35.5 Å². The summed E-state index contributed by atoms with van der Waals surface area (Å²) in [5, 5.41) is 30.9. The van der Waals surface area contributed by atoms with Crippen molar-refractivity contribution in [2.45, 2.75) is 18.6 Å². The predicted molar refractivity (Wildman–Crippen MR) is 75.6 cm³/mol. The Bertz CT molecular complexity index is 510. The lowest BCUT2D eigenvalue weighted by atomic mass is 9.97. The molecule has 0 aromatic heterocycles. The Morgan fingerprint density at radius 1 is 1.29 bits per heavy atom. The third-order valence-corrected chi connectivity index (χ3v) is 3.62. The lowest BCUT2D eigenvalue weighted by molar-refractivity contribution is -0.132. The molecular formula is C14H19N3O4. The largest absolute Gasteiger partial charge is 0.409 e. The van der Waals surface area contributed by atoms with E-state index in [0.717, 1.165) is 5.56 Å². The molecule has 0 spiro atoms. The van der Waals surface area contributed by atoms with Crippen LogP contribution in [-0.4, -0.2) is 57.4 Å². The van der Waals surface area contributed by atoms with Crippen molar-refractivity contribution in [2.24, 2.45) is 16.8 Å². The molecule has 1 heterocycles. The van der Waals surface area contributed by atoms with Crippen molar-refractivity contribution in [1.29, 1.82) is 0 Å².